The van der Waals surface area contributed by atoms with Crippen molar-refractivity contribution in [3.05, 3.63) is 101 Å². The Labute approximate surface area is 155 Å². The highest BCUT2D eigenvalue weighted by Gasteiger charge is 2.04. The zero-order valence-electron chi connectivity index (χ0n) is 13.7. The van der Waals surface area contributed by atoms with Gasteiger partial charge in [0.1, 0.15) is 11.6 Å². The van der Waals surface area contributed by atoms with Gasteiger partial charge in [0.25, 0.3) is 0 Å². The largest absolute Gasteiger partial charge is 0.355 e. The molecule has 130 valence electrons. The lowest BCUT2D eigenvalue weighted by Crippen LogP contribution is -2.61. The van der Waals surface area contributed by atoms with Gasteiger partial charge in [0.2, 0.25) is 5.69 Å². The molecule has 0 radical (unpaired) electrons. The third kappa shape index (κ3) is 5.01. The smallest absolute Gasteiger partial charge is 0.203 e. The molecular weight excluding hydrogens is 354 g/mol. The maximum atomic E-state index is 13.1. The van der Waals surface area contributed by atoms with Crippen molar-refractivity contribution in [3.8, 4) is 0 Å². The summed E-state index contributed by atoms with van der Waals surface area (Å²) in [6, 6.07) is 19.5. The van der Waals surface area contributed by atoms with Crippen LogP contribution in [0.5, 0.6) is 0 Å². The lowest BCUT2D eigenvalue weighted by Gasteiger charge is -2.10. The van der Waals surface area contributed by atoms with Gasteiger partial charge >= 0.3 is 0 Å². The highest BCUT2D eigenvalue weighted by molar-refractivity contribution is 6.30. The molecule has 0 aliphatic rings. The third-order valence-electron chi connectivity index (χ3n) is 3.62. The molecule has 0 aliphatic carbocycles. The average molecular weight is 370 g/mol. The average Bonchev–Trinajstić information content (AvgIpc) is 2.65. The second kappa shape index (κ2) is 8.41. The summed E-state index contributed by atoms with van der Waals surface area (Å²) in [7, 11) is 0. The Morgan fingerprint density at radius 1 is 0.808 bits per heavy atom. The molecule has 3 aromatic carbocycles. The number of halogens is 3. The van der Waals surface area contributed by atoms with Gasteiger partial charge in [-0.15, -0.1) is 0 Å². The Balaban J connectivity index is 1.87. The Morgan fingerprint density at radius 2 is 1.38 bits per heavy atom. The Kier molecular flexibility index (Phi) is 5.77. The van der Waals surface area contributed by atoms with Crippen molar-refractivity contribution >= 4 is 34.9 Å². The van der Waals surface area contributed by atoms with Gasteiger partial charge in [0, 0.05) is 28.9 Å². The quantitative estimate of drug-likeness (QED) is 0.634. The van der Waals surface area contributed by atoms with Gasteiger partial charge in [0.05, 0.1) is 5.70 Å². The number of nitrogens with one attached hydrogen (secondary N) is 2. The maximum Gasteiger partial charge on any atom is 0.203 e. The van der Waals surface area contributed by atoms with Crippen LogP contribution in [0.1, 0.15) is 5.56 Å². The van der Waals surface area contributed by atoms with Crippen LogP contribution in [-0.4, -0.2) is 6.21 Å². The van der Waals surface area contributed by atoms with Crippen LogP contribution in [-0.2, 0) is 0 Å². The van der Waals surface area contributed by atoms with Crippen molar-refractivity contribution in [2.75, 3.05) is 5.32 Å². The van der Waals surface area contributed by atoms with E-state index in [0.717, 1.165) is 22.6 Å². The fourth-order valence-corrected chi connectivity index (χ4v) is 2.42. The van der Waals surface area contributed by atoms with Crippen LogP contribution in [0.3, 0.4) is 0 Å². The normalized spacial score (nSPS) is 11.7. The van der Waals surface area contributed by atoms with Crippen molar-refractivity contribution in [1.29, 1.82) is 0 Å². The maximum absolute atomic E-state index is 13.1. The number of allylic oxidation sites excluding steroid dienone is 1. The molecule has 0 bridgehead atoms. The molecule has 0 unspecified atom stereocenters. The molecule has 0 heterocycles. The molecule has 2 N–H and O–H groups in total. The van der Waals surface area contributed by atoms with Gasteiger partial charge in [-0.3, -0.25) is 0 Å². The molecular formula is C21H16ClF2N2+. The Hall–Kier alpha value is -2.98. The molecule has 5 heteroatoms. The van der Waals surface area contributed by atoms with Crippen molar-refractivity contribution in [3.63, 3.8) is 0 Å². The molecule has 3 rings (SSSR count). The van der Waals surface area contributed by atoms with E-state index in [1.54, 1.807) is 42.6 Å². The van der Waals surface area contributed by atoms with Crippen molar-refractivity contribution in [2.45, 2.75) is 0 Å². The minimum atomic E-state index is -0.294. The van der Waals surface area contributed by atoms with E-state index < -0.39 is 0 Å². The first-order valence-corrected chi connectivity index (χ1v) is 8.32. The minimum absolute atomic E-state index is 0.286. The van der Waals surface area contributed by atoms with E-state index in [2.05, 4.69) is 10.3 Å². The second-order valence-electron chi connectivity index (χ2n) is 5.54. The fraction of sp³-hybridized carbons (Fsp3) is 0. The molecule has 0 aromatic heterocycles. The van der Waals surface area contributed by atoms with E-state index in [1.165, 1.54) is 24.3 Å². The van der Waals surface area contributed by atoms with Gasteiger partial charge in [-0.2, -0.15) is 0 Å². The van der Waals surface area contributed by atoms with Crippen LogP contribution in [0, 0.1) is 11.6 Å². The van der Waals surface area contributed by atoms with Crippen LogP contribution in [0.4, 0.5) is 20.2 Å². The summed E-state index contributed by atoms with van der Waals surface area (Å²) in [5.41, 5.74) is 3.22. The number of benzene rings is 3. The summed E-state index contributed by atoms with van der Waals surface area (Å²) in [6.45, 7) is 0. The van der Waals surface area contributed by atoms with E-state index >= 15 is 0 Å². The second-order valence-corrected chi connectivity index (χ2v) is 5.97. The Morgan fingerprint density at radius 3 is 2.00 bits per heavy atom. The summed E-state index contributed by atoms with van der Waals surface area (Å²) in [5, 5.41) is 3.90. The van der Waals surface area contributed by atoms with Crippen LogP contribution < -0.4 is 10.3 Å². The van der Waals surface area contributed by atoms with E-state index in [0.29, 0.717) is 5.02 Å². The Bertz CT molecular complexity index is 916. The van der Waals surface area contributed by atoms with Gasteiger partial charge in [-0.25, -0.2) is 13.8 Å². The molecule has 26 heavy (non-hydrogen) atoms. The summed E-state index contributed by atoms with van der Waals surface area (Å²) >= 11 is 5.96. The summed E-state index contributed by atoms with van der Waals surface area (Å²) < 4.78 is 26.1. The molecule has 0 fully saturated rings. The zero-order valence-corrected chi connectivity index (χ0v) is 14.5. The van der Waals surface area contributed by atoms with E-state index in [9.17, 15) is 8.78 Å². The van der Waals surface area contributed by atoms with E-state index in [1.807, 2.05) is 18.2 Å². The minimum Gasteiger partial charge on any atom is -0.355 e. The number of hydrogen-bond donors (Lipinski definition) is 2. The van der Waals surface area contributed by atoms with Crippen molar-refractivity contribution in [1.82, 2.24) is 0 Å². The monoisotopic (exact) mass is 369 g/mol. The van der Waals surface area contributed by atoms with E-state index in [-0.39, 0.29) is 11.6 Å². The number of hydrogen-bond acceptors (Lipinski definition) is 1. The molecule has 0 saturated carbocycles. The first-order chi connectivity index (χ1) is 12.6. The molecule has 0 saturated heterocycles. The summed E-state index contributed by atoms with van der Waals surface area (Å²) in [5.74, 6) is -0.581. The molecule has 0 aliphatic heterocycles. The van der Waals surface area contributed by atoms with Crippen LogP contribution >= 0.6 is 11.6 Å². The fourth-order valence-electron chi connectivity index (χ4n) is 2.30. The van der Waals surface area contributed by atoms with Crippen LogP contribution in [0.2, 0.25) is 5.02 Å². The van der Waals surface area contributed by atoms with Gasteiger partial charge in [0.15, 0.2) is 6.21 Å². The topological polar surface area (TPSA) is 26.0 Å². The predicted molar refractivity (Wildman–Crippen MR) is 103 cm³/mol. The summed E-state index contributed by atoms with van der Waals surface area (Å²) in [4.78, 5) is 3.08. The van der Waals surface area contributed by atoms with Crippen molar-refractivity contribution in [2.24, 2.45) is 0 Å². The molecule has 2 nitrogen and oxygen atoms in total. The zero-order chi connectivity index (χ0) is 18.4. The van der Waals surface area contributed by atoms with Crippen LogP contribution in [0.25, 0.3) is 5.70 Å². The van der Waals surface area contributed by atoms with E-state index in [4.69, 9.17) is 11.6 Å². The molecule has 0 amide bonds. The third-order valence-corrected chi connectivity index (χ3v) is 3.87. The highest BCUT2D eigenvalue weighted by Crippen LogP contribution is 2.20. The standard InChI is InChI=1S/C21H15ClF2N2/c22-16-3-1-15(2-4-16)21(26-20-11-7-18(24)8-12-20)13-14-25-19-9-5-17(23)6-10-19/h1-14,26H/p+1. The van der Waals surface area contributed by atoms with Crippen molar-refractivity contribution < 1.29 is 13.8 Å². The van der Waals surface area contributed by atoms with Gasteiger partial charge in [-0.05, 0) is 54.1 Å². The van der Waals surface area contributed by atoms with Crippen LogP contribution in [0.15, 0.2) is 78.9 Å². The number of rotatable bonds is 5. The molecule has 0 spiro atoms. The van der Waals surface area contributed by atoms with Gasteiger partial charge < -0.3 is 5.32 Å². The first-order valence-electron chi connectivity index (χ1n) is 7.94. The first kappa shape index (κ1) is 17.8. The molecule has 3 aromatic rings. The lowest BCUT2D eigenvalue weighted by molar-refractivity contribution is -0.346. The lowest BCUT2D eigenvalue weighted by atomic mass is 10.1. The number of anilines is 1. The van der Waals surface area contributed by atoms with Gasteiger partial charge in [-0.1, -0.05) is 23.7 Å². The predicted octanol–water partition coefficient (Wildman–Crippen LogP) is 4.55. The SMILES string of the molecule is Fc1ccc(NC(=CC=[NH+]c2ccc(F)cc2)c2ccc(Cl)cc2)cc1. The highest BCUT2D eigenvalue weighted by atomic mass is 35.5. The molecule has 0 atom stereocenters. The summed E-state index contributed by atoms with van der Waals surface area (Å²) in [6.07, 6.45) is 3.59.